The zero-order chi connectivity index (χ0) is 23.0. The summed E-state index contributed by atoms with van der Waals surface area (Å²) < 4.78 is 3.23. The van der Waals surface area contributed by atoms with Gasteiger partial charge in [0.2, 0.25) is 5.95 Å². The van der Waals surface area contributed by atoms with Crippen molar-refractivity contribution >= 4 is 40.3 Å². The number of fused-ring (bicyclic) bond motifs is 1. The number of H-pyrrole nitrogens is 1. The lowest BCUT2D eigenvalue weighted by Gasteiger charge is -2.35. The first-order valence-electron chi connectivity index (χ1n) is 10.9. The number of imidazole rings is 1. The number of piperazine rings is 1. The number of aromatic amines is 1. The van der Waals surface area contributed by atoms with Gasteiger partial charge in [-0.05, 0) is 36.6 Å². The third-order valence-corrected chi connectivity index (χ3v) is 6.60. The Kier molecular flexibility index (Phi) is 6.65. The minimum atomic E-state index is -0.485. The molecule has 0 saturated carbocycles. The maximum absolute atomic E-state index is 12.8. The third kappa shape index (κ3) is 4.58. The van der Waals surface area contributed by atoms with Gasteiger partial charge in [0.05, 0.1) is 6.54 Å². The van der Waals surface area contributed by atoms with E-state index in [0.29, 0.717) is 39.6 Å². The van der Waals surface area contributed by atoms with Crippen LogP contribution in [0, 0.1) is 5.92 Å². The van der Waals surface area contributed by atoms with Crippen molar-refractivity contribution in [1.82, 2.24) is 24.0 Å². The first-order chi connectivity index (χ1) is 15.2. The first kappa shape index (κ1) is 22.9. The highest BCUT2D eigenvalue weighted by Crippen LogP contribution is 2.26. The van der Waals surface area contributed by atoms with E-state index in [4.69, 9.17) is 28.2 Å². The molecule has 1 aromatic carbocycles. The van der Waals surface area contributed by atoms with E-state index in [0.717, 1.165) is 38.3 Å². The van der Waals surface area contributed by atoms with Gasteiger partial charge in [0, 0.05) is 43.3 Å². The molecule has 4 rings (SSSR count). The Labute approximate surface area is 196 Å². The van der Waals surface area contributed by atoms with Gasteiger partial charge in [0.25, 0.3) is 5.56 Å². The highest BCUT2D eigenvalue weighted by molar-refractivity contribution is 6.35. The minimum absolute atomic E-state index is 0.344. The third-order valence-electron chi connectivity index (χ3n) is 6.01. The predicted octanol–water partition coefficient (Wildman–Crippen LogP) is 2.95. The first-order valence-corrected chi connectivity index (χ1v) is 11.6. The number of hydrogen-bond donors (Lipinski definition) is 1. The van der Waals surface area contributed by atoms with Crippen molar-refractivity contribution in [1.29, 1.82) is 0 Å². The maximum Gasteiger partial charge on any atom is 0.329 e. The number of benzene rings is 1. The number of nitrogens with one attached hydrogen (secondary N) is 1. The Bertz CT molecular complexity index is 1240. The van der Waals surface area contributed by atoms with Crippen LogP contribution in [0.25, 0.3) is 11.2 Å². The van der Waals surface area contributed by atoms with Crippen LogP contribution < -0.4 is 16.1 Å². The van der Waals surface area contributed by atoms with Crippen LogP contribution in [-0.2, 0) is 13.6 Å². The van der Waals surface area contributed by atoms with Crippen LogP contribution in [0.4, 0.5) is 5.95 Å². The van der Waals surface area contributed by atoms with Crippen molar-refractivity contribution in [2.24, 2.45) is 13.0 Å². The quantitative estimate of drug-likeness (QED) is 0.588. The molecule has 2 aromatic heterocycles. The van der Waals surface area contributed by atoms with Crippen LogP contribution in [0.5, 0.6) is 0 Å². The lowest BCUT2D eigenvalue weighted by atomic mass is 10.1. The monoisotopic (exact) mass is 478 g/mol. The second-order valence-electron chi connectivity index (χ2n) is 8.74. The van der Waals surface area contributed by atoms with Gasteiger partial charge in [-0.15, -0.1) is 0 Å². The Morgan fingerprint density at radius 1 is 1.12 bits per heavy atom. The molecule has 1 N–H and O–H groups in total. The average Bonchev–Trinajstić information content (AvgIpc) is 3.13. The topological polar surface area (TPSA) is 79.2 Å². The molecule has 10 heteroatoms. The van der Waals surface area contributed by atoms with Crippen LogP contribution in [-0.4, -0.2) is 56.7 Å². The fourth-order valence-corrected chi connectivity index (χ4v) is 4.52. The molecule has 3 aromatic rings. The summed E-state index contributed by atoms with van der Waals surface area (Å²) in [6.07, 6.45) is 1.17. The highest BCUT2D eigenvalue weighted by atomic mass is 35.5. The molecular formula is C22H28Cl2N6O2. The molecule has 0 unspecified atom stereocenters. The standard InChI is InChI=1S/C22H28Cl2N6O2/c1-14(2)6-7-28-8-10-29(11-9-28)21-25-19-18(20(31)26-22(32)27(19)3)30(21)13-15-4-5-16(23)12-17(15)24/h4-5,12,14H,6-11,13H2,1-3H3,(H,26,31,32). The number of aromatic nitrogens is 4. The van der Waals surface area contributed by atoms with Gasteiger partial charge in [-0.25, -0.2) is 4.79 Å². The van der Waals surface area contributed by atoms with Gasteiger partial charge in [-0.2, -0.15) is 4.98 Å². The van der Waals surface area contributed by atoms with Gasteiger partial charge < -0.3 is 4.90 Å². The molecule has 1 fully saturated rings. The summed E-state index contributed by atoms with van der Waals surface area (Å²) in [6, 6.07) is 5.31. The molecule has 1 aliphatic heterocycles. The van der Waals surface area contributed by atoms with E-state index in [2.05, 4.69) is 28.6 Å². The molecule has 8 nitrogen and oxygen atoms in total. The highest BCUT2D eigenvalue weighted by Gasteiger charge is 2.25. The van der Waals surface area contributed by atoms with E-state index >= 15 is 0 Å². The van der Waals surface area contributed by atoms with Gasteiger partial charge >= 0.3 is 5.69 Å². The van der Waals surface area contributed by atoms with Gasteiger partial charge in [0.1, 0.15) is 0 Å². The molecule has 0 amide bonds. The van der Waals surface area contributed by atoms with E-state index in [1.165, 1.54) is 11.0 Å². The van der Waals surface area contributed by atoms with Crippen LogP contribution in [0.1, 0.15) is 25.8 Å². The lowest BCUT2D eigenvalue weighted by Crippen LogP contribution is -2.47. The summed E-state index contributed by atoms with van der Waals surface area (Å²) in [4.78, 5) is 36.7. The van der Waals surface area contributed by atoms with Crippen LogP contribution in [0.15, 0.2) is 27.8 Å². The van der Waals surface area contributed by atoms with Crippen LogP contribution in [0.2, 0.25) is 10.0 Å². The maximum atomic E-state index is 12.8. The molecule has 0 aliphatic carbocycles. The predicted molar refractivity (Wildman–Crippen MR) is 129 cm³/mol. The van der Waals surface area contributed by atoms with Crippen molar-refractivity contribution in [2.45, 2.75) is 26.8 Å². The lowest BCUT2D eigenvalue weighted by molar-refractivity contribution is 0.242. The smallest absolute Gasteiger partial charge is 0.329 e. The molecule has 0 radical (unpaired) electrons. The summed E-state index contributed by atoms with van der Waals surface area (Å²) in [5.41, 5.74) is 0.598. The summed E-state index contributed by atoms with van der Waals surface area (Å²) in [5.74, 6) is 1.34. The van der Waals surface area contributed by atoms with Crippen LogP contribution >= 0.6 is 23.2 Å². The molecule has 0 spiro atoms. The second-order valence-corrected chi connectivity index (χ2v) is 9.58. The molecule has 1 saturated heterocycles. The Hall–Kier alpha value is -2.29. The summed E-state index contributed by atoms with van der Waals surface area (Å²) in [5, 5.41) is 1.07. The fourth-order valence-electron chi connectivity index (χ4n) is 4.05. The number of anilines is 1. The van der Waals surface area contributed by atoms with Crippen LogP contribution in [0.3, 0.4) is 0 Å². The largest absolute Gasteiger partial charge is 0.340 e. The SMILES string of the molecule is CC(C)CCN1CCN(c2nc3c(c(=O)[nH]c(=O)n3C)n2Cc2ccc(Cl)cc2Cl)CC1. The molecule has 0 bridgehead atoms. The number of rotatable bonds is 6. The van der Waals surface area contributed by atoms with E-state index in [1.54, 1.807) is 19.2 Å². The summed E-state index contributed by atoms with van der Waals surface area (Å²) >= 11 is 12.5. The number of aryl methyl sites for hydroxylation is 1. The number of halogens is 2. The van der Waals surface area contributed by atoms with Gasteiger partial charge in [-0.3, -0.25) is 23.8 Å². The molecule has 172 valence electrons. The Morgan fingerprint density at radius 2 is 1.84 bits per heavy atom. The zero-order valence-corrected chi connectivity index (χ0v) is 20.1. The molecular weight excluding hydrogens is 451 g/mol. The normalized spacial score (nSPS) is 15.2. The van der Waals surface area contributed by atoms with Crippen molar-refractivity contribution in [3.05, 3.63) is 54.6 Å². The number of nitrogens with zero attached hydrogens (tertiary/aromatic N) is 5. The van der Waals surface area contributed by atoms with Crippen molar-refractivity contribution < 1.29 is 0 Å². The molecule has 0 atom stereocenters. The number of hydrogen-bond acceptors (Lipinski definition) is 5. The summed E-state index contributed by atoms with van der Waals surface area (Å²) in [7, 11) is 1.61. The van der Waals surface area contributed by atoms with E-state index in [1.807, 2.05) is 10.6 Å². The zero-order valence-electron chi connectivity index (χ0n) is 18.6. The molecule has 32 heavy (non-hydrogen) atoms. The fraction of sp³-hybridized carbons (Fsp3) is 0.500. The second kappa shape index (κ2) is 9.29. The van der Waals surface area contributed by atoms with E-state index < -0.39 is 11.2 Å². The minimum Gasteiger partial charge on any atom is -0.340 e. The average molecular weight is 479 g/mol. The van der Waals surface area contributed by atoms with E-state index in [9.17, 15) is 9.59 Å². The van der Waals surface area contributed by atoms with Crippen molar-refractivity contribution in [2.75, 3.05) is 37.6 Å². The van der Waals surface area contributed by atoms with Crippen molar-refractivity contribution in [3.8, 4) is 0 Å². The Morgan fingerprint density at radius 3 is 2.50 bits per heavy atom. The van der Waals surface area contributed by atoms with E-state index in [-0.39, 0.29) is 0 Å². The molecule has 1 aliphatic rings. The van der Waals surface area contributed by atoms with Crippen molar-refractivity contribution in [3.63, 3.8) is 0 Å². The Balaban J connectivity index is 1.73. The molecule has 3 heterocycles. The summed E-state index contributed by atoms with van der Waals surface area (Å²) in [6.45, 7) is 9.33. The van der Waals surface area contributed by atoms with Gasteiger partial charge in [0.15, 0.2) is 11.2 Å². The van der Waals surface area contributed by atoms with Gasteiger partial charge in [-0.1, -0.05) is 43.1 Å².